The van der Waals surface area contributed by atoms with Gasteiger partial charge in [-0.3, -0.25) is 0 Å². The lowest BCUT2D eigenvalue weighted by Gasteiger charge is -2.14. The van der Waals surface area contributed by atoms with E-state index in [9.17, 15) is 5.11 Å². The third-order valence-electron chi connectivity index (χ3n) is 4.23. The van der Waals surface area contributed by atoms with Gasteiger partial charge in [0.15, 0.2) is 0 Å². The molecule has 3 atom stereocenters. The molecule has 2 aromatic rings. The molecule has 2 nitrogen and oxygen atoms in total. The van der Waals surface area contributed by atoms with E-state index in [4.69, 9.17) is 4.74 Å². The Balaban J connectivity index is 1.68. The van der Waals surface area contributed by atoms with Gasteiger partial charge in [0.25, 0.3) is 0 Å². The number of hydrogen-bond donors (Lipinski definition) is 1. The number of hydrogen-bond acceptors (Lipinski definition) is 2. The molecule has 0 radical (unpaired) electrons. The van der Waals surface area contributed by atoms with E-state index in [1.807, 2.05) is 24.3 Å². The normalized spacial score (nSPS) is 21.9. The van der Waals surface area contributed by atoms with Gasteiger partial charge in [-0.25, -0.2) is 0 Å². The summed E-state index contributed by atoms with van der Waals surface area (Å²) in [6, 6.07) is 16.4. The molecule has 0 spiro atoms. The number of halogens is 1. The maximum atomic E-state index is 10.5. The van der Waals surface area contributed by atoms with E-state index in [-0.39, 0.29) is 6.10 Å². The molecule has 21 heavy (non-hydrogen) atoms. The van der Waals surface area contributed by atoms with Crippen LogP contribution in [0.2, 0.25) is 0 Å². The SMILES string of the molecule is COc1ccc(Br)cc1CC(O)C1CC1c1ccccc1. The molecule has 110 valence electrons. The molecule has 3 rings (SSSR count). The summed E-state index contributed by atoms with van der Waals surface area (Å²) in [5.74, 6) is 1.70. The lowest BCUT2D eigenvalue weighted by Crippen LogP contribution is -2.14. The summed E-state index contributed by atoms with van der Waals surface area (Å²) < 4.78 is 6.40. The van der Waals surface area contributed by atoms with Gasteiger partial charge in [-0.2, -0.15) is 0 Å². The van der Waals surface area contributed by atoms with Gasteiger partial charge in [-0.1, -0.05) is 46.3 Å². The number of ether oxygens (including phenoxy) is 1. The van der Waals surface area contributed by atoms with Crippen LogP contribution < -0.4 is 4.74 Å². The first-order valence-electron chi connectivity index (χ1n) is 7.24. The Hall–Kier alpha value is -1.32. The Morgan fingerprint density at radius 3 is 2.71 bits per heavy atom. The molecular weight excluding hydrogens is 328 g/mol. The summed E-state index contributed by atoms with van der Waals surface area (Å²) in [6.07, 6.45) is 1.39. The Morgan fingerprint density at radius 1 is 1.24 bits per heavy atom. The Kier molecular flexibility index (Phi) is 4.32. The zero-order valence-corrected chi connectivity index (χ0v) is 13.6. The largest absolute Gasteiger partial charge is 0.496 e. The van der Waals surface area contributed by atoms with Crippen LogP contribution in [0.1, 0.15) is 23.5 Å². The van der Waals surface area contributed by atoms with Gasteiger partial charge in [-0.05, 0) is 47.6 Å². The Labute approximate surface area is 133 Å². The first kappa shape index (κ1) is 14.6. The maximum absolute atomic E-state index is 10.5. The van der Waals surface area contributed by atoms with Crippen LogP contribution in [0.15, 0.2) is 53.0 Å². The van der Waals surface area contributed by atoms with Gasteiger partial charge in [0.05, 0.1) is 13.2 Å². The molecule has 0 saturated heterocycles. The second-order valence-electron chi connectivity index (χ2n) is 5.64. The molecule has 0 bridgehead atoms. The lowest BCUT2D eigenvalue weighted by atomic mass is 10.0. The minimum Gasteiger partial charge on any atom is -0.496 e. The van der Waals surface area contributed by atoms with Gasteiger partial charge < -0.3 is 9.84 Å². The zero-order valence-electron chi connectivity index (χ0n) is 12.0. The van der Waals surface area contributed by atoms with Crippen LogP contribution >= 0.6 is 15.9 Å². The molecule has 0 amide bonds. The van der Waals surface area contributed by atoms with Crippen molar-refractivity contribution in [2.75, 3.05) is 7.11 Å². The number of benzene rings is 2. The topological polar surface area (TPSA) is 29.5 Å². The van der Waals surface area contributed by atoms with E-state index in [0.29, 0.717) is 18.3 Å². The third kappa shape index (κ3) is 3.30. The number of methoxy groups -OCH3 is 1. The summed E-state index contributed by atoms with van der Waals surface area (Å²) in [7, 11) is 1.67. The van der Waals surface area contributed by atoms with Crippen LogP contribution in [-0.4, -0.2) is 18.3 Å². The van der Waals surface area contributed by atoms with E-state index in [1.165, 1.54) is 5.56 Å². The lowest BCUT2D eigenvalue weighted by molar-refractivity contribution is 0.148. The zero-order chi connectivity index (χ0) is 14.8. The van der Waals surface area contributed by atoms with E-state index in [1.54, 1.807) is 7.11 Å². The number of rotatable bonds is 5. The van der Waals surface area contributed by atoms with Crippen LogP contribution in [0.3, 0.4) is 0 Å². The minimum atomic E-state index is -0.321. The molecule has 3 unspecified atom stereocenters. The molecule has 2 aromatic carbocycles. The van der Waals surface area contributed by atoms with E-state index in [2.05, 4.69) is 40.2 Å². The van der Waals surface area contributed by atoms with Crippen molar-refractivity contribution in [3.05, 3.63) is 64.1 Å². The monoisotopic (exact) mass is 346 g/mol. The summed E-state index contributed by atoms with van der Waals surface area (Å²) >= 11 is 3.48. The van der Waals surface area contributed by atoms with Crippen LogP contribution in [0, 0.1) is 5.92 Å². The van der Waals surface area contributed by atoms with E-state index < -0.39 is 0 Å². The van der Waals surface area contributed by atoms with Crippen molar-refractivity contribution >= 4 is 15.9 Å². The van der Waals surface area contributed by atoms with Crippen molar-refractivity contribution < 1.29 is 9.84 Å². The Morgan fingerprint density at radius 2 is 2.00 bits per heavy atom. The van der Waals surface area contributed by atoms with Crippen molar-refractivity contribution in [3.8, 4) is 5.75 Å². The third-order valence-corrected chi connectivity index (χ3v) is 4.73. The molecule has 1 N–H and O–H groups in total. The highest BCUT2D eigenvalue weighted by atomic mass is 79.9. The van der Waals surface area contributed by atoms with Crippen molar-refractivity contribution in [2.24, 2.45) is 5.92 Å². The fraction of sp³-hybridized carbons (Fsp3) is 0.333. The molecule has 3 heteroatoms. The van der Waals surface area contributed by atoms with Crippen molar-refractivity contribution in [2.45, 2.75) is 24.9 Å². The average Bonchev–Trinajstić information content (AvgIpc) is 3.29. The molecule has 0 aliphatic heterocycles. The molecular formula is C18H19BrO2. The first-order chi connectivity index (χ1) is 10.2. The van der Waals surface area contributed by atoms with Crippen LogP contribution in [0.4, 0.5) is 0 Å². The summed E-state index contributed by atoms with van der Waals surface area (Å²) in [6.45, 7) is 0. The van der Waals surface area contributed by atoms with Gasteiger partial charge in [0, 0.05) is 10.9 Å². The highest BCUT2D eigenvalue weighted by Crippen LogP contribution is 2.50. The summed E-state index contributed by atoms with van der Waals surface area (Å²) in [5, 5.41) is 10.5. The second-order valence-corrected chi connectivity index (χ2v) is 6.56. The molecule has 1 saturated carbocycles. The van der Waals surface area contributed by atoms with Gasteiger partial charge in [0.2, 0.25) is 0 Å². The average molecular weight is 347 g/mol. The van der Waals surface area contributed by atoms with E-state index in [0.717, 1.165) is 22.2 Å². The summed E-state index contributed by atoms with van der Waals surface area (Å²) in [4.78, 5) is 0. The fourth-order valence-electron chi connectivity index (χ4n) is 3.01. The van der Waals surface area contributed by atoms with Crippen molar-refractivity contribution in [1.82, 2.24) is 0 Å². The van der Waals surface area contributed by atoms with E-state index >= 15 is 0 Å². The molecule has 1 aliphatic rings. The second kappa shape index (κ2) is 6.20. The van der Waals surface area contributed by atoms with Gasteiger partial charge >= 0.3 is 0 Å². The molecule has 1 fully saturated rings. The highest BCUT2D eigenvalue weighted by molar-refractivity contribution is 9.10. The summed E-state index contributed by atoms with van der Waals surface area (Å²) in [5.41, 5.74) is 2.39. The quantitative estimate of drug-likeness (QED) is 0.880. The predicted molar refractivity (Wildman–Crippen MR) is 87.7 cm³/mol. The van der Waals surface area contributed by atoms with Crippen LogP contribution in [0.5, 0.6) is 5.75 Å². The standard InChI is InChI=1S/C18H19BrO2/c1-21-18-8-7-14(19)9-13(18)10-17(20)16-11-15(16)12-5-3-2-4-6-12/h2-9,15-17,20H,10-11H2,1H3. The molecule has 1 aliphatic carbocycles. The number of aliphatic hydroxyl groups excluding tert-OH is 1. The molecule has 0 aromatic heterocycles. The maximum Gasteiger partial charge on any atom is 0.122 e. The first-order valence-corrected chi connectivity index (χ1v) is 8.03. The van der Waals surface area contributed by atoms with Gasteiger partial charge in [0.1, 0.15) is 5.75 Å². The fourth-order valence-corrected chi connectivity index (χ4v) is 3.42. The van der Waals surface area contributed by atoms with Gasteiger partial charge in [-0.15, -0.1) is 0 Å². The smallest absolute Gasteiger partial charge is 0.122 e. The van der Waals surface area contributed by atoms with Crippen LogP contribution in [0.25, 0.3) is 0 Å². The molecule has 0 heterocycles. The highest BCUT2D eigenvalue weighted by Gasteiger charge is 2.43. The van der Waals surface area contributed by atoms with Crippen LogP contribution in [-0.2, 0) is 6.42 Å². The predicted octanol–water partition coefficient (Wildman–Crippen LogP) is 4.16. The van der Waals surface area contributed by atoms with Crippen molar-refractivity contribution in [3.63, 3.8) is 0 Å². The Bertz CT molecular complexity index is 612. The number of aliphatic hydroxyl groups is 1. The van der Waals surface area contributed by atoms with Crippen molar-refractivity contribution in [1.29, 1.82) is 0 Å². The minimum absolute atomic E-state index is 0.321.